The third kappa shape index (κ3) is 7.00. The molecule has 0 aliphatic heterocycles. The zero-order valence-corrected chi connectivity index (χ0v) is 8.67. The molecule has 0 aromatic carbocycles. The van der Waals surface area contributed by atoms with Gasteiger partial charge in [-0.05, 0) is 13.8 Å². The van der Waals surface area contributed by atoms with E-state index in [1.807, 2.05) is 0 Å². The lowest BCUT2D eigenvalue weighted by Gasteiger charge is -2.22. The summed E-state index contributed by atoms with van der Waals surface area (Å²) in [6.07, 6.45) is 0. The molecule has 0 unspecified atom stereocenters. The van der Waals surface area contributed by atoms with Crippen LogP contribution < -0.4 is 0 Å². The monoisotopic (exact) mass is 196 g/mol. The first kappa shape index (κ1) is 11.6. The van der Waals surface area contributed by atoms with Crippen molar-refractivity contribution in [2.75, 3.05) is 24.7 Å². The first-order chi connectivity index (χ1) is 5.12. The molecule has 0 saturated heterocycles. The lowest BCUT2D eigenvalue weighted by Crippen LogP contribution is -2.12. The van der Waals surface area contributed by atoms with E-state index in [1.54, 1.807) is 23.5 Å². The second-order valence-corrected chi connectivity index (χ2v) is 6.24. The summed E-state index contributed by atoms with van der Waals surface area (Å²) in [4.78, 5) is 0. The van der Waals surface area contributed by atoms with E-state index in [2.05, 4.69) is 13.8 Å². The minimum atomic E-state index is 0.117. The number of rotatable bonds is 6. The molecule has 2 N–H and O–H groups in total. The molecule has 0 spiro atoms. The molecular weight excluding hydrogens is 180 g/mol. The maximum absolute atomic E-state index is 8.58. The minimum Gasteiger partial charge on any atom is -0.396 e. The van der Waals surface area contributed by atoms with E-state index in [0.29, 0.717) is 0 Å². The molecule has 0 saturated carbocycles. The fourth-order valence-corrected chi connectivity index (χ4v) is 2.62. The summed E-state index contributed by atoms with van der Waals surface area (Å²) in [5.41, 5.74) is 0. The Bertz CT molecular complexity index is 86.4. The van der Waals surface area contributed by atoms with Crippen molar-refractivity contribution in [1.82, 2.24) is 0 Å². The maximum Gasteiger partial charge on any atom is 0.0556 e. The van der Waals surface area contributed by atoms with Crippen LogP contribution in [0.3, 0.4) is 0 Å². The van der Waals surface area contributed by atoms with Gasteiger partial charge in [0.05, 0.1) is 17.3 Å². The molecule has 0 heterocycles. The smallest absolute Gasteiger partial charge is 0.0556 e. The van der Waals surface area contributed by atoms with E-state index in [-0.39, 0.29) is 17.3 Å². The largest absolute Gasteiger partial charge is 0.396 e. The van der Waals surface area contributed by atoms with Crippen LogP contribution in [0.25, 0.3) is 0 Å². The Morgan fingerprint density at radius 1 is 1.00 bits per heavy atom. The van der Waals surface area contributed by atoms with Gasteiger partial charge in [0.15, 0.2) is 0 Å². The number of aliphatic hydroxyl groups is 2. The minimum absolute atomic E-state index is 0.117. The Morgan fingerprint density at radius 2 is 1.36 bits per heavy atom. The van der Waals surface area contributed by atoms with E-state index < -0.39 is 0 Å². The van der Waals surface area contributed by atoms with Crippen molar-refractivity contribution in [1.29, 1.82) is 0 Å². The summed E-state index contributed by atoms with van der Waals surface area (Å²) in [5, 5.41) is 17.2. The molecule has 4 heteroatoms. The highest BCUT2D eigenvalue weighted by atomic mass is 32.2. The van der Waals surface area contributed by atoms with Crippen molar-refractivity contribution in [3.63, 3.8) is 0 Å². The second kappa shape index (κ2) is 6.17. The van der Waals surface area contributed by atoms with Crippen molar-refractivity contribution in [2.24, 2.45) is 0 Å². The van der Waals surface area contributed by atoms with Gasteiger partial charge in [0, 0.05) is 11.5 Å². The van der Waals surface area contributed by atoms with Gasteiger partial charge >= 0.3 is 0 Å². The second-order valence-electron chi connectivity index (χ2n) is 2.54. The number of hydrogen-bond acceptors (Lipinski definition) is 4. The summed E-state index contributed by atoms with van der Waals surface area (Å²) in [6, 6.07) is 0. The van der Waals surface area contributed by atoms with Crippen molar-refractivity contribution in [3.8, 4) is 0 Å². The van der Waals surface area contributed by atoms with E-state index in [9.17, 15) is 0 Å². The summed E-state index contributed by atoms with van der Waals surface area (Å²) < 4.78 is 0.117. The average molecular weight is 196 g/mol. The molecule has 0 rings (SSSR count). The van der Waals surface area contributed by atoms with Crippen LogP contribution >= 0.6 is 23.5 Å². The Labute approximate surface area is 76.8 Å². The van der Waals surface area contributed by atoms with Gasteiger partial charge in [0.1, 0.15) is 0 Å². The van der Waals surface area contributed by atoms with Crippen LogP contribution in [0.4, 0.5) is 0 Å². The Morgan fingerprint density at radius 3 is 1.64 bits per heavy atom. The molecule has 0 atom stereocenters. The summed E-state index contributed by atoms with van der Waals surface area (Å²) in [6.45, 7) is 4.67. The molecule has 2 nitrogen and oxygen atoms in total. The Hall–Kier alpha value is 0.620. The molecule has 0 amide bonds. The van der Waals surface area contributed by atoms with E-state index >= 15 is 0 Å². The van der Waals surface area contributed by atoms with Crippen molar-refractivity contribution in [2.45, 2.75) is 17.9 Å². The van der Waals surface area contributed by atoms with Gasteiger partial charge in [0.25, 0.3) is 0 Å². The molecule has 68 valence electrons. The van der Waals surface area contributed by atoms with Gasteiger partial charge in [-0.1, -0.05) is 0 Å². The molecular formula is C7H16O2S2. The topological polar surface area (TPSA) is 40.5 Å². The predicted octanol–water partition coefficient (Wildman–Crippen LogP) is 1.17. The van der Waals surface area contributed by atoms with Gasteiger partial charge < -0.3 is 10.2 Å². The van der Waals surface area contributed by atoms with Crippen LogP contribution in [0.2, 0.25) is 0 Å². The van der Waals surface area contributed by atoms with E-state index in [0.717, 1.165) is 11.5 Å². The van der Waals surface area contributed by atoms with Crippen molar-refractivity contribution >= 4 is 23.5 Å². The Balaban J connectivity index is 3.43. The van der Waals surface area contributed by atoms with Crippen molar-refractivity contribution < 1.29 is 10.2 Å². The molecule has 0 bridgehead atoms. The third-order valence-corrected chi connectivity index (χ3v) is 3.95. The molecule has 0 aliphatic carbocycles. The summed E-state index contributed by atoms with van der Waals surface area (Å²) in [7, 11) is 0. The van der Waals surface area contributed by atoms with Crippen LogP contribution in [-0.4, -0.2) is 39.0 Å². The van der Waals surface area contributed by atoms with Gasteiger partial charge in [-0.25, -0.2) is 0 Å². The fraction of sp³-hybridized carbons (Fsp3) is 1.00. The standard InChI is InChI=1S/C7H16O2S2/c1-7(2,10-5-3-8)11-6-4-9/h8-9H,3-6H2,1-2H3. The molecule has 11 heavy (non-hydrogen) atoms. The first-order valence-electron chi connectivity index (χ1n) is 3.62. The lowest BCUT2D eigenvalue weighted by molar-refractivity contribution is 0.322. The predicted molar refractivity (Wildman–Crippen MR) is 53.2 cm³/mol. The first-order valence-corrected chi connectivity index (χ1v) is 5.59. The number of thioether (sulfide) groups is 2. The quantitative estimate of drug-likeness (QED) is 0.626. The number of aliphatic hydroxyl groups excluding tert-OH is 2. The third-order valence-electron chi connectivity index (χ3n) is 1.08. The summed E-state index contributed by atoms with van der Waals surface area (Å²) >= 11 is 3.44. The normalized spacial score (nSPS) is 12.0. The van der Waals surface area contributed by atoms with Crippen LogP contribution in [-0.2, 0) is 0 Å². The zero-order chi connectivity index (χ0) is 8.74. The van der Waals surface area contributed by atoms with Crippen molar-refractivity contribution in [3.05, 3.63) is 0 Å². The van der Waals surface area contributed by atoms with Crippen LogP contribution in [0.15, 0.2) is 0 Å². The van der Waals surface area contributed by atoms with E-state index in [1.165, 1.54) is 0 Å². The highest BCUT2D eigenvalue weighted by Crippen LogP contribution is 2.35. The molecule has 0 aromatic rings. The molecule has 0 aromatic heterocycles. The number of hydrogen-bond donors (Lipinski definition) is 2. The SMILES string of the molecule is CC(C)(SCCO)SCCO. The van der Waals surface area contributed by atoms with Gasteiger partial charge in [-0.3, -0.25) is 0 Å². The van der Waals surface area contributed by atoms with Crippen LogP contribution in [0.5, 0.6) is 0 Å². The lowest BCUT2D eigenvalue weighted by atomic mass is 10.5. The fourth-order valence-electron chi connectivity index (χ4n) is 0.625. The van der Waals surface area contributed by atoms with Gasteiger partial charge in [-0.15, -0.1) is 23.5 Å². The maximum atomic E-state index is 8.58. The highest BCUT2D eigenvalue weighted by Gasteiger charge is 2.17. The Kier molecular flexibility index (Phi) is 6.52. The zero-order valence-electron chi connectivity index (χ0n) is 7.04. The van der Waals surface area contributed by atoms with Gasteiger partial charge in [0.2, 0.25) is 0 Å². The highest BCUT2D eigenvalue weighted by molar-refractivity contribution is 8.18. The van der Waals surface area contributed by atoms with E-state index in [4.69, 9.17) is 10.2 Å². The van der Waals surface area contributed by atoms with Crippen LogP contribution in [0.1, 0.15) is 13.8 Å². The molecule has 0 aliphatic rings. The summed E-state index contributed by atoms with van der Waals surface area (Å²) in [5.74, 6) is 1.54. The van der Waals surface area contributed by atoms with Crippen LogP contribution in [0, 0.1) is 0 Å². The molecule has 0 radical (unpaired) electrons. The molecule has 0 fully saturated rings. The van der Waals surface area contributed by atoms with Gasteiger partial charge in [-0.2, -0.15) is 0 Å². The average Bonchev–Trinajstić information content (AvgIpc) is 1.97.